The minimum atomic E-state index is -0.392. The molecular formula is C15H22N2O4. The summed E-state index contributed by atoms with van der Waals surface area (Å²) in [5, 5.41) is 14.7. The number of nitro benzene ring substituents is 1. The summed E-state index contributed by atoms with van der Waals surface area (Å²) in [5.41, 5.74) is 0.486. The van der Waals surface area contributed by atoms with Gasteiger partial charge < -0.3 is 14.8 Å². The summed E-state index contributed by atoms with van der Waals surface area (Å²) in [5.74, 6) is 0.298. The maximum Gasteiger partial charge on any atom is 0.333 e. The van der Waals surface area contributed by atoms with Crippen LogP contribution in [-0.2, 0) is 4.74 Å². The lowest BCUT2D eigenvalue weighted by Gasteiger charge is -2.21. The Morgan fingerprint density at radius 1 is 1.38 bits per heavy atom. The molecule has 1 fully saturated rings. The average Bonchev–Trinajstić information content (AvgIpc) is 2.85. The van der Waals surface area contributed by atoms with Gasteiger partial charge in [0.05, 0.1) is 23.2 Å². The fraction of sp³-hybridized carbons (Fsp3) is 0.600. The number of rotatable bonds is 6. The van der Waals surface area contributed by atoms with E-state index < -0.39 is 4.92 Å². The lowest BCUT2D eigenvalue weighted by Crippen LogP contribution is -2.30. The van der Waals surface area contributed by atoms with Crippen molar-refractivity contribution in [3.8, 4) is 5.75 Å². The number of hydrogen-bond acceptors (Lipinski definition) is 5. The van der Waals surface area contributed by atoms with Gasteiger partial charge in [0.15, 0.2) is 5.75 Å². The van der Waals surface area contributed by atoms with E-state index in [1.54, 1.807) is 25.3 Å². The summed E-state index contributed by atoms with van der Waals surface area (Å²) in [7, 11) is 1.68. The van der Waals surface area contributed by atoms with Crippen molar-refractivity contribution in [1.29, 1.82) is 0 Å². The highest BCUT2D eigenvalue weighted by Gasteiger charge is 2.30. The summed E-state index contributed by atoms with van der Waals surface area (Å²) < 4.78 is 11.0. The number of anilines is 1. The van der Waals surface area contributed by atoms with E-state index in [9.17, 15) is 10.1 Å². The molecule has 0 heterocycles. The molecule has 21 heavy (non-hydrogen) atoms. The molecule has 116 valence electrons. The zero-order chi connectivity index (χ0) is 15.4. The Balaban J connectivity index is 2.28. The van der Waals surface area contributed by atoms with Crippen molar-refractivity contribution >= 4 is 11.4 Å². The number of para-hydroxylation sites is 1. The third-order valence-corrected chi connectivity index (χ3v) is 3.64. The van der Waals surface area contributed by atoms with Crippen molar-refractivity contribution in [3.63, 3.8) is 0 Å². The van der Waals surface area contributed by atoms with Crippen LogP contribution in [0.3, 0.4) is 0 Å². The van der Waals surface area contributed by atoms with Gasteiger partial charge in [-0.15, -0.1) is 0 Å². The summed E-state index contributed by atoms with van der Waals surface area (Å²) in [6.07, 6.45) is 2.97. The molecule has 2 rings (SSSR count). The second-order valence-corrected chi connectivity index (χ2v) is 5.53. The van der Waals surface area contributed by atoms with Crippen LogP contribution in [0.4, 0.5) is 11.4 Å². The van der Waals surface area contributed by atoms with Crippen LogP contribution in [0.2, 0.25) is 0 Å². The Labute approximate surface area is 124 Å². The number of methoxy groups -OCH3 is 1. The predicted molar refractivity (Wildman–Crippen MR) is 80.9 cm³/mol. The summed E-state index contributed by atoms with van der Waals surface area (Å²) >= 11 is 0. The number of ether oxygens (including phenoxy) is 2. The molecule has 0 aromatic heterocycles. The summed E-state index contributed by atoms with van der Waals surface area (Å²) in [6.45, 7) is 3.70. The zero-order valence-corrected chi connectivity index (χ0v) is 12.7. The number of nitro groups is 1. The van der Waals surface area contributed by atoms with Crippen LogP contribution < -0.4 is 10.1 Å². The Morgan fingerprint density at radius 3 is 2.76 bits per heavy atom. The van der Waals surface area contributed by atoms with Gasteiger partial charge in [-0.25, -0.2) is 0 Å². The normalized spacial score (nSPS) is 21.5. The first-order valence-corrected chi connectivity index (χ1v) is 7.26. The van der Waals surface area contributed by atoms with Crippen LogP contribution in [0.5, 0.6) is 5.75 Å². The molecule has 0 spiro atoms. The van der Waals surface area contributed by atoms with Gasteiger partial charge in [-0.1, -0.05) is 6.07 Å². The van der Waals surface area contributed by atoms with Gasteiger partial charge in [0.2, 0.25) is 0 Å². The third-order valence-electron chi connectivity index (χ3n) is 3.64. The molecule has 0 bridgehead atoms. The van der Waals surface area contributed by atoms with Crippen LogP contribution in [0.15, 0.2) is 18.2 Å². The zero-order valence-electron chi connectivity index (χ0n) is 12.7. The number of hydrogen-bond donors (Lipinski definition) is 1. The summed E-state index contributed by atoms with van der Waals surface area (Å²) in [4.78, 5) is 11.0. The van der Waals surface area contributed by atoms with Gasteiger partial charge in [-0.2, -0.15) is 0 Å². The third kappa shape index (κ3) is 3.64. The maximum atomic E-state index is 11.4. The van der Waals surface area contributed by atoms with Crippen LogP contribution >= 0.6 is 0 Å². The van der Waals surface area contributed by atoms with E-state index in [0.717, 1.165) is 19.3 Å². The largest absolute Gasteiger partial charge is 0.484 e. The van der Waals surface area contributed by atoms with Crippen LogP contribution in [0.25, 0.3) is 0 Å². The number of benzene rings is 1. The lowest BCUT2D eigenvalue weighted by atomic mass is 10.1. The second kappa shape index (κ2) is 6.76. The minimum absolute atomic E-state index is 0.00652. The van der Waals surface area contributed by atoms with Crippen molar-refractivity contribution in [3.05, 3.63) is 28.3 Å². The van der Waals surface area contributed by atoms with Gasteiger partial charge in [0.25, 0.3) is 0 Å². The molecule has 1 saturated carbocycles. The highest BCUT2D eigenvalue weighted by molar-refractivity contribution is 5.69. The molecule has 1 aliphatic rings. The standard InChI is InChI=1S/C15H22N2O4/c1-10(2)21-14-9-5-7-12(15(14)17(18)19)16-11-6-4-8-13(11)20-3/h5,7,9-11,13,16H,4,6,8H2,1-3H3. The number of nitrogens with zero attached hydrogens (tertiary/aromatic N) is 1. The van der Waals surface area contributed by atoms with Gasteiger partial charge in [0, 0.05) is 7.11 Å². The van der Waals surface area contributed by atoms with Crippen molar-refractivity contribution in [2.75, 3.05) is 12.4 Å². The van der Waals surface area contributed by atoms with Gasteiger partial charge in [0.1, 0.15) is 5.69 Å². The van der Waals surface area contributed by atoms with Crippen molar-refractivity contribution < 1.29 is 14.4 Å². The smallest absolute Gasteiger partial charge is 0.333 e. The lowest BCUT2D eigenvalue weighted by molar-refractivity contribution is -0.385. The van der Waals surface area contributed by atoms with E-state index in [0.29, 0.717) is 11.4 Å². The molecule has 1 aromatic carbocycles. The number of nitrogens with one attached hydrogen (secondary N) is 1. The van der Waals surface area contributed by atoms with Crippen LogP contribution in [0.1, 0.15) is 33.1 Å². The highest BCUT2D eigenvalue weighted by Crippen LogP contribution is 2.37. The molecule has 6 heteroatoms. The Morgan fingerprint density at radius 2 is 2.14 bits per heavy atom. The molecule has 0 amide bonds. The van der Waals surface area contributed by atoms with E-state index >= 15 is 0 Å². The molecular weight excluding hydrogens is 272 g/mol. The first kappa shape index (κ1) is 15.6. The Kier molecular flexibility index (Phi) is 5.01. The summed E-state index contributed by atoms with van der Waals surface area (Å²) in [6, 6.07) is 5.22. The Hall–Kier alpha value is -1.82. The van der Waals surface area contributed by atoms with Crippen LogP contribution in [0, 0.1) is 10.1 Å². The van der Waals surface area contributed by atoms with E-state index in [4.69, 9.17) is 9.47 Å². The first-order chi connectivity index (χ1) is 10.0. The molecule has 2 atom stereocenters. The molecule has 1 aromatic rings. The average molecular weight is 294 g/mol. The maximum absolute atomic E-state index is 11.4. The molecule has 0 radical (unpaired) electrons. The molecule has 6 nitrogen and oxygen atoms in total. The molecule has 1 aliphatic carbocycles. The molecule has 2 unspecified atom stereocenters. The van der Waals surface area contributed by atoms with E-state index in [1.807, 2.05) is 13.8 Å². The minimum Gasteiger partial charge on any atom is -0.484 e. The molecule has 1 N–H and O–H groups in total. The van der Waals surface area contributed by atoms with Gasteiger partial charge in [-0.05, 0) is 45.2 Å². The quantitative estimate of drug-likeness (QED) is 0.643. The fourth-order valence-electron chi connectivity index (χ4n) is 2.75. The fourth-order valence-corrected chi connectivity index (χ4v) is 2.75. The van der Waals surface area contributed by atoms with Crippen LogP contribution in [-0.4, -0.2) is 30.3 Å². The second-order valence-electron chi connectivity index (χ2n) is 5.53. The van der Waals surface area contributed by atoms with E-state index in [-0.39, 0.29) is 23.9 Å². The predicted octanol–water partition coefficient (Wildman–Crippen LogP) is 3.36. The van der Waals surface area contributed by atoms with Crippen molar-refractivity contribution in [2.45, 2.75) is 51.4 Å². The highest BCUT2D eigenvalue weighted by atomic mass is 16.6. The van der Waals surface area contributed by atoms with E-state index in [2.05, 4.69) is 5.32 Å². The first-order valence-electron chi connectivity index (χ1n) is 7.26. The molecule has 0 aliphatic heterocycles. The van der Waals surface area contributed by atoms with Crippen molar-refractivity contribution in [1.82, 2.24) is 0 Å². The Bertz CT molecular complexity index is 504. The monoisotopic (exact) mass is 294 g/mol. The topological polar surface area (TPSA) is 73.6 Å². The SMILES string of the molecule is COC1CCCC1Nc1cccc(OC(C)C)c1[N+](=O)[O-]. The van der Waals surface area contributed by atoms with E-state index in [1.165, 1.54) is 0 Å². The van der Waals surface area contributed by atoms with Gasteiger partial charge in [-0.3, -0.25) is 10.1 Å². The molecule has 0 saturated heterocycles. The van der Waals surface area contributed by atoms with Gasteiger partial charge >= 0.3 is 5.69 Å². The van der Waals surface area contributed by atoms with Crippen molar-refractivity contribution in [2.24, 2.45) is 0 Å².